The van der Waals surface area contributed by atoms with E-state index in [0.29, 0.717) is 12.2 Å². The van der Waals surface area contributed by atoms with Crippen LogP contribution in [0.4, 0.5) is 0 Å². The fraction of sp³-hybridized carbons (Fsp3) is 0.125. The van der Waals surface area contributed by atoms with Crippen LogP contribution < -0.4 is 4.74 Å². The third-order valence-electron chi connectivity index (χ3n) is 4.80. The van der Waals surface area contributed by atoms with Crippen molar-refractivity contribution in [3.8, 4) is 39.3 Å². The zero-order valence-electron chi connectivity index (χ0n) is 15.9. The van der Waals surface area contributed by atoms with Crippen LogP contribution in [0.1, 0.15) is 17.3 Å². The summed E-state index contributed by atoms with van der Waals surface area (Å²) in [5.41, 5.74) is 6.12. The molecule has 1 N–H and O–H groups in total. The molecule has 0 bridgehead atoms. The van der Waals surface area contributed by atoms with Gasteiger partial charge in [0.15, 0.2) is 0 Å². The van der Waals surface area contributed by atoms with Crippen LogP contribution in [0.2, 0.25) is 0 Å². The molecule has 140 valence electrons. The van der Waals surface area contributed by atoms with Gasteiger partial charge in [-0.1, -0.05) is 48.5 Å². The van der Waals surface area contributed by atoms with Crippen LogP contribution >= 0.6 is 0 Å². The van der Waals surface area contributed by atoms with E-state index in [1.165, 1.54) is 0 Å². The summed E-state index contributed by atoms with van der Waals surface area (Å²) in [4.78, 5) is 16.4. The average molecular weight is 371 g/mol. The first kappa shape index (κ1) is 17.9. The highest BCUT2D eigenvalue weighted by atomic mass is 16.5. The van der Waals surface area contributed by atoms with E-state index in [9.17, 15) is 4.79 Å². The number of carbonyl (C=O) groups is 1. The highest BCUT2D eigenvalue weighted by Crippen LogP contribution is 2.47. The maximum Gasteiger partial charge on any atom is 0.339 e. The fourth-order valence-electron chi connectivity index (χ4n) is 3.60. The van der Waals surface area contributed by atoms with Crippen LogP contribution in [0.3, 0.4) is 0 Å². The number of rotatable bonds is 5. The number of H-pyrrole nitrogens is 1. The van der Waals surface area contributed by atoms with Gasteiger partial charge in [-0.25, -0.2) is 4.79 Å². The van der Waals surface area contributed by atoms with E-state index in [4.69, 9.17) is 9.47 Å². The molecule has 0 aromatic heterocycles. The Bertz CT molecular complexity index is 1060. The zero-order valence-corrected chi connectivity index (χ0v) is 15.9. The minimum atomic E-state index is -0.322. The molecule has 0 amide bonds. The van der Waals surface area contributed by atoms with E-state index < -0.39 is 0 Å². The molecular weight excluding hydrogens is 350 g/mol. The fourth-order valence-corrected chi connectivity index (χ4v) is 3.60. The second kappa shape index (κ2) is 7.61. The standard InChI is InChI=1S/C24H21NO3/c1-3-28-24(26)22-20(16-8-5-4-6-9-16)19-10-7-15-25-23(19)21(22)17-11-13-18(27-2)14-12-17/h4-15,25H,3H2,1-2H3. The third kappa shape index (κ3) is 3.03. The van der Waals surface area contributed by atoms with E-state index in [-0.39, 0.29) is 5.97 Å². The van der Waals surface area contributed by atoms with Crippen LogP contribution in [0, 0.1) is 0 Å². The Labute approximate surface area is 164 Å². The van der Waals surface area contributed by atoms with E-state index in [1.807, 2.05) is 79.9 Å². The van der Waals surface area contributed by atoms with Crippen molar-refractivity contribution in [2.45, 2.75) is 6.92 Å². The number of esters is 1. The largest absolute Gasteiger partial charge is 0.497 e. The van der Waals surface area contributed by atoms with Gasteiger partial charge in [0, 0.05) is 22.9 Å². The smallest absolute Gasteiger partial charge is 0.339 e. The van der Waals surface area contributed by atoms with Crippen molar-refractivity contribution in [1.82, 2.24) is 4.98 Å². The molecule has 1 heterocycles. The van der Waals surface area contributed by atoms with Gasteiger partial charge in [0.1, 0.15) is 5.75 Å². The summed E-state index contributed by atoms with van der Waals surface area (Å²) < 4.78 is 10.7. The molecule has 4 heteroatoms. The van der Waals surface area contributed by atoms with Gasteiger partial charge in [-0.3, -0.25) is 0 Å². The number of fused-ring (bicyclic) bond motifs is 1. The molecule has 0 atom stereocenters. The lowest BCUT2D eigenvalue weighted by molar-refractivity contribution is 0.0528. The normalized spacial score (nSPS) is 10.8. The van der Waals surface area contributed by atoms with Crippen LogP contribution in [0.5, 0.6) is 5.75 Å². The van der Waals surface area contributed by atoms with Gasteiger partial charge < -0.3 is 14.5 Å². The van der Waals surface area contributed by atoms with E-state index in [0.717, 1.165) is 39.3 Å². The number of benzene rings is 2. The minimum absolute atomic E-state index is 0.320. The van der Waals surface area contributed by atoms with Crippen molar-refractivity contribution in [1.29, 1.82) is 0 Å². The molecule has 0 saturated heterocycles. The summed E-state index contributed by atoms with van der Waals surface area (Å²) in [6.45, 7) is 2.14. The van der Waals surface area contributed by atoms with E-state index in [1.54, 1.807) is 7.11 Å². The molecule has 2 aromatic rings. The van der Waals surface area contributed by atoms with Gasteiger partial charge in [0.05, 0.1) is 25.0 Å². The van der Waals surface area contributed by atoms with Gasteiger partial charge >= 0.3 is 5.97 Å². The second-order valence-corrected chi connectivity index (χ2v) is 6.40. The van der Waals surface area contributed by atoms with Gasteiger partial charge in [-0.2, -0.15) is 0 Å². The molecule has 0 unspecified atom stereocenters. The summed E-state index contributed by atoms with van der Waals surface area (Å²) >= 11 is 0. The molecule has 2 aliphatic rings. The third-order valence-corrected chi connectivity index (χ3v) is 4.80. The number of ether oxygens (including phenoxy) is 2. The van der Waals surface area contributed by atoms with Crippen LogP contribution in [-0.2, 0) is 4.74 Å². The van der Waals surface area contributed by atoms with Crippen molar-refractivity contribution >= 4 is 5.97 Å². The first-order valence-corrected chi connectivity index (χ1v) is 9.24. The van der Waals surface area contributed by atoms with Crippen molar-refractivity contribution < 1.29 is 14.3 Å². The highest BCUT2D eigenvalue weighted by molar-refractivity contribution is 6.13. The predicted octanol–water partition coefficient (Wildman–Crippen LogP) is 5.64. The Hall–Kier alpha value is -3.53. The minimum Gasteiger partial charge on any atom is -0.497 e. The molecular formula is C24H21NO3. The van der Waals surface area contributed by atoms with Crippen molar-refractivity contribution in [3.63, 3.8) is 0 Å². The maximum atomic E-state index is 13.1. The number of methoxy groups -OCH3 is 1. The van der Waals surface area contributed by atoms with Crippen LogP contribution in [-0.4, -0.2) is 24.7 Å². The highest BCUT2D eigenvalue weighted by Gasteiger charge is 2.30. The lowest BCUT2D eigenvalue weighted by Crippen LogP contribution is -2.06. The molecule has 1 aliphatic heterocycles. The molecule has 4 nitrogen and oxygen atoms in total. The molecule has 1 aliphatic carbocycles. The average Bonchev–Trinajstić information content (AvgIpc) is 3.10. The van der Waals surface area contributed by atoms with Gasteiger partial charge in [-0.15, -0.1) is 0 Å². The SMILES string of the molecule is CCOC(=O)c1c(-c2ccccc2)c2ccc[nH]c-2c1-c1ccc(OC)cc1. The Morgan fingerprint density at radius 1 is 0.893 bits per heavy atom. The maximum absolute atomic E-state index is 13.1. The molecule has 4 rings (SSSR count). The summed E-state index contributed by atoms with van der Waals surface area (Å²) in [6, 6.07) is 21.6. The molecule has 0 fully saturated rings. The lowest BCUT2D eigenvalue weighted by Gasteiger charge is -2.09. The number of aromatic amines is 1. The van der Waals surface area contributed by atoms with Gasteiger partial charge in [-0.05, 0) is 36.2 Å². The summed E-state index contributed by atoms with van der Waals surface area (Å²) in [6.07, 6.45) is 1.87. The Kier molecular flexibility index (Phi) is 4.85. The number of aromatic nitrogens is 1. The number of nitrogens with one attached hydrogen (secondary N) is 1. The van der Waals surface area contributed by atoms with Crippen molar-refractivity contribution in [2.75, 3.05) is 13.7 Å². The molecule has 0 radical (unpaired) electrons. The molecule has 0 saturated carbocycles. The van der Waals surface area contributed by atoms with Gasteiger partial charge in [0.2, 0.25) is 0 Å². The quantitative estimate of drug-likeness (QED) is 0.462. The second-order valence-electron chi connectivity index (χ2n) is 6.40. The monoisotopic (exact) mass is 371 g/mol. The van der Waals surface area contributed by atoms with Crippen LogP contribution in [0.15, 0.2) is 72.9 Å². The summed E-state index contributed by atoms with van der Waals surface area (Å²) in [5.74, 6) is 0.446. The first-order valence-electron chi connectivity index (χ1n) is 9.24. The van der Waals surface area contributed by atoms with Crippen molar-refractivity contribution in [3.05, 3.63) is 78.5 Å². The molecule has 0 spiro atoms. The number of hydrogen-bond donors (Lipinski definition) is 1. The van der Waals surface area contributed by atoms with Gasteiger partial charge in [0.25, 0.3) is 0 Å². The number of hydrogen-bond acceptors (Lipinski definition) is 3. The predicted molar refractivity (Wildman–Crippen MR) is 111 cm³/mol. The van der Waals surface area contributed by atoms with Crippen molar-refractivity contribution in [2.24, 2.45) is 0 Å². The Balaban J connectivity index is 2.05. The summed E-state index contributed by atoms with van der Waals surface area (Å²) in [5, 5.41) is 0. The zero-order chi connectivity index (χ0) is 19.5. The number of carbonyl (C=O) groups excluding carboxylic acids is 1. The summed E-state index contributed by atoms with van der Waals surface area (Å²) in [7, 11) is 1.64. The van der Waals surface area contributed by atoms with Crippen LogP contribution in [0.25, 0.3) is 33.5 Å². The molecule has 2 aromatic carbocycles. The van der Waals surface area contributed by atoms with E-state index >= 15 is 0 Å². The molecule has 28 heavy (non-hydrogen) atoms. The lowest BCUT2D eigenvalue weighted by atomic mass is 9.98. The Morgan fingerprint density at radius 3 is 2.29 bits per heavy atom. The topological polar surface area (TPSA) is 51.3 Å². The first-order chi connectivity index (χ1) is 13.7. The van der Waals surface area contributed by atoms with E-state index in [2.05, 4.69) is 4.98 Å². The Morgan fingerprint density at radius 2 is 1.61 bits per heavy atom. The number of pyridine rings is 1.